The van der Waals surface area contributed by atoms with Gasteiger partial charge in [0.15, 0.2) is 5.78 Å². The van der Waals surface area contributed by atoms with Crippen LogP contribution < -0.4 is 0 Å². The van der Waals surface area contributed by atoms with Crippen molar-refractivity contribution in [3.8, 4) is 0 Å². The van der Waals surface area contributed by atoms with E-state index in [0.29, 0.717) is 0 Å². The summed E-state index contributed by atoms with van der Waals surface area (Å²) in [5.74, 6) is -1.07. The molecule has 1 atom stereocenters. The van der Waals surface area contributed by atoms with Gasteiger partial charge < -0.3 is 0 Å². The molecule has 0 aliphatic heterocycles. The third-order valence-electron chi connectivity index (χ3n) is 3.45. The van der Waals surface area contributed by atoms with E-state index >= 15 is 0 Å². The highest BCUT2D eigenvalue weighted by atomic mass is 32.2. The normalized spacial score (nSPS) is 13.5. The number of hydrogen-bond donors (Lipinski definition) is 0. The average molecular weight is 372 g/mol. The van der Waals surface area contributed by atoms with Crippen LogP contribution in [0.15, 0.2) is 53.4 Å². The highest BCUT2D eigenvalue weighted by Gasteiger charge is 2.36. The topological polar surface area (TPSA) is 60.4 Å². The molecule has 0 N–H and O–H groups in total. The summed E-state index contributed by atoms with van der Waals surface area (Å²) in [5.41, 5.74) is -0.952. The van der Waals surface area contributed by atoms with Gasteiger partial charge in [-0.25, -0.2) is 0 Å². The van der Waals surface area contributed by atoms with E-state index in [0.717, 1.165) is 30.7 Å². The Labute approximate surface area is 143 Å². The third kappa shape index (κ3) is 4.46. The molecule has 0 saturated heterocycles. The first-order valence-electron chi connectivity index (χ1n) is 7.23. The Balaban J connectivity index is 2.28. The zero-order valence-electron chi connectivity index (χ0n) is 13.4. The first kappa shape index (κ1) is 19.1. The molecule has 0 amide bonds. The lowest BCUT2D eigenvalue weighted by molar-refractivity contribution is -0.137. The van der Waals surface area contributed by atoms with Crippen LogP contribution in [0.25, 0.3) is 0 Å². The Morgan fingerprint density at radius 3 is 2.16 bits per heavy atom. The van der Waals surface area contributed by atoms with Crippen molar-refractivity contribution in [1.82, 2.24) is 0 Å². The molecule has 25 heavy (non-hydrogen) atoms. The van der Waals surface area contributed by atoms with Gasteiger partial charge in [0.2, 0.25) is 0 Å². The smallest absolute Gasteiger partial charge is 0.291 e. The molecule has 4 nitrogen and oxygen atoms in total. The van der Waals surface area contributed by atoms with Crippen LogP contribution in [-0.4, -0.2) is 20.3 Å². The number of ketones is 1. The number of carbonyl (C=O) groups excluding carboxylic acids is 1. The van der Waals surface area contributed by atoms with Crippen molar-refractivity contribution in [1.29, 1.82) is 0 Å². The van der Waals surface area contributed by atoms with Crippen LogP contribution in [0.5, 0.6) is 0 Å². The minimum absolute atomic E-state index is 0.179. The molecule has 2 aromatic rings. The van der Waals surface area contributed by atoms with Crippen LogP contribution in [0.1, 0.15) is 28.4 Å². The summed E-state index contributed by atoms with van der Waals surface area (Å²) >= 11 is 0. The molecule has 0 aliphatic carbocycles. The van der Waals surface area contributed by atoms with Gasteiger partial charge in [0.25, 0.3) is 10.1 Å². The van der Waals surface area contributed by atoms with E-state index in [-0.39, 0.29) is 4.90 Å². The number of alkyl halides is 3. The molecule has 0 aromatic heterocycles. The number of carbonyl (C=O) groups is 1. The van der Waals surface area contributed by atoms with Gasteiger partial charge in [0.1, 0.15) is 6.10 Å². The van der Waals surface area contributed by atoms with Gasteiger partial charge in [-0.3, -0.25) is 8.98 Å². The van der Waals surface area contributed by atoms with Gasteiger partial charge in [-0.2, -0.15) is 21.6 Å². The molecule has 0 fully saturated rings. The SMILES string of the molecule is Cc1ccc(S(=O)(=O)O[C@H](C)C(=O)c2ccccc2C(F)(F)F)cc1. The van der Waals surface area contributed by atoms with Crippen molar-refractivity contribution in [2.75, 3.05) is 0 Å². The Morgan fingerprint density at radius 1 is 1.04 bits per heavy atom. The number of Topliss-reactive ketones (excluding diaryl/α,β-unsaturated/α-hetero) is 1. The fourth-order valence-corrected chi connectivity index (χ4v) is 3.21. The number of rotatable bonds is 5. The minimum atomic E-state index is -4.73. The van der Waals surface area contributed by atoms with Crippen LogP contribution in [0.4, 0.5) is 13.2 Å². The van der Waals surface area contributed by atoms with Gasteiger partial charge >= 0.3 is 6.18 Å². The van der Waals surface area contributed by atoms with Crippen LogP contribution >= 0.6 is 0 Å². The maximum absolute atomic E-state index is 13.0. The van der Waals surface area contributed by atoms with E-state index < -0.39 is 39.3 Å². The van der Waals surface area contributed by atoms with E-state index in [1.165, 1.54) is 18.2 Å². The van der Waals surface area contributed by atoms with E-state index in [1.54, 1.807) is 19.1 Å². The maximum Gasteiger partial charge on any atom is 0.417 e. The zero-order valence-corrected chi connectivity index (χ0v) is 14.2. The van der Waals surface area contributed by atoms with Gasteiger partial charge in [-0.1, -0.05) is 35.9 Å². The van der Waals surface area contributed by atoms with E-state index in [9.17, 15) is 26.4 Å². The molecule has 2 aromatic carbocycles. The highest BCUT2D eigenvalue weighted by Crippen LogP contribution is 2.32. The standard InChI is InChI=1S/C17H15F3O4S/c1-11-7-9-13(10-8-11)25(22,23)24-12(2)16(21)14-5-3-4-6-15(14)17(18,19)20/h3-10,12H,1-2H3/t12-/m1/s1. The molecule has 0 saturated carbocycles. The van der Waals surface area contributed by atoms with Crippen molar-refractivity contribution in [3.63, 3.8) is 0 Å². The molecule has 2 rings (SSSR count). The molecule has 0 heterocycles. The molecule has 0 spiro atoms. The van der Waals surface area contributed by atoms with E-state index in [2.05, 4.69) is 0 Å². The molecule has 0 unspecified atom stereocenters. The second-order valence-corrected chi connectivity index (χ2v) is 6.99. The van der Waals surface area contributed by atoms with Gasteiger partial charge in [0, 0.05) is 5.56 Å². The summed E-state index contributed by atoms with van der Waals surface area (Å²) in [6.45, 7) is 2.86. The minimum Gasteiger partial charge on any atom is -0.291 e. The number of aryl methyl sites for hydroxylation is 1. The zero-order chi connectivity index (χ0) is 18.8. The first-order valence-corrected chi connectivity index (χ1v) is 8.63. The summed E-state index contributed by atoms with van der Waals surface area (Å²) in [4.78, 5) is 12.1. The number of hydrogen-bond acceptors (Lipinski definition) is 4. The monoisotopic (exact) mass is 372 g/mol. The van der Waals surface area contributed by atoms with Crippen molar-refractivity contribution in [2.24, 2.45) is 0 Å². The number of halogens is 3. The largest absolute Gasteiger partial charge is 0.417 e. The Morgan fingerprint density at radius 2 is 1.60 bits per heavy atom. The lowest BCUT2D eigenvalue weighted by Crippen LogP contribution is -2.26. The molecular weight excluding hydrogens is 357 g/mol. The van der Waals surface area contributed by atoms with E-state index in [1.807, 2.05) is 0 Å². The van der Waals surface area contributed by atoms with Gasteiger partial charge in [-0.05, 0) is 32.0 Å². The summed E-state index contributed by atoms with van der Waals surface area (Å²) < 4.78 is 68.2. The average Bonchev–Trinajstić information content (AvgIpc) is 2.53. The molecule has 0 aliphatic rings. The van der Waals surface area contributed by atoms with Crippen molar-refractivity contribution in [3.05, 3.63) is 65.2 Å². The van der Waals surface area contributed by atoms with Crippen molar-refractivity contribution < 1.29 is 30.6 Å². The molecular formula is C17H15F3O4S. The maximum atomic E-state index is 13.0. The van der Waals surface area contributed by atoms with Crippen LogP contribution in [0, 0.1) is 6.92 Å². The lowest BCUT2D eigenvalue weighted by atomic mass is 10.0. The highest BCUT2D eigenvalue weighted by molar-refractivity contribution is 7.86. The first-order chi connectivity index (χ1) is 11.5. The predicted molar refractivity (Wildman–Crippen MR) is 84.7 cm³/mol. The summed E-state index contributed by atoms with van der Waals surface area (Å²) in [6.07, 6.45) is -6.34. The second-order valence-electron chi connectivity index (χ2n) is 5.41. The Bertz CT molecular complexity index is 872. The fourth-order valence-electron chi connectivity index (χ4n) is 2.16. The number of benzene rings is 2. The Kier molecular flexibility index (Phi) is 5.34. The lowest BCUT2D eigenvalue weighted by Gasteiger charge is -2.16. The molecule has 0 bridgehead atoms. The molecule has 8 heteroatoms. The third-order valence-corrected chi connectivity index (χ3v) is 4.84. The predicted octanol–water partition coefficient (Wildman–Crippen LogP) is 3.99. The summed E-state index contributed by atoms with van der Waals surface area (Å²) in [5, 5.41) is 0. The van der Waals surface area contributed by atoms with Crippen LogP contribution in [0.3, 0.4) is 0 Å². The quantitative estimate of drug-likeness (QED) is 0.588. The van der Waals surface area contributed by atoms with Crippen LogP contribution in [-0.2, 0) is 20.5 Å². The van der Waals surface area contributed by atoms with Gasteiger partial charge in [-0.15, -0.1) is 0 Å². The van der Waals surface area contributed by atoms with E-state index in [4.69, 9.17) is 4.18 Å². The molecule has 0 radical (unpaired) electrons. The van der Waals surface area contributed by atoms with Crippen molar-refractivity contribution in [2.45, 2.75) is 31.0 Å². The van der Waals surface area contributed by atoms with Gasteiger partial charge in [0.05, 0.1) is 10.5 Å². The van der Waals surface area contributed by atoms with Crippen molar-refractivity contribution >= 4 is 15.9 Å². The Hall–Kier alpha value is -2.19. The second kappa shape index (κ2) is 6.97. The fraction of sp³-hybridized carbons (Fsp3) is 0.235. The van der Waals surface area contributed by atoms with Crippen LogP contribution in [0.2, 0.25) is 0 Å². The summed E-state index contributed by atoms with van der Waals surface area (Å²) in [7, 11) is -4.28. The summed E-state index contributed by atoms with van der Waals surface area (Å²) in [6, 6.07) is 9.84. The molecule has 134 valence electrons.